The van der Waals surface area contributed by atoms with E-state index in [1.807, 2.05) is 24.4 Å². The van der Waals surface area contributed by atoms with Crippen molar-refractivity contribution in [1.82, 2.24) is 20.0 Å². The first-order valence-corrected chi connectivity index (χ1v) is 7.71. The summed E-state index contributed by atoms with van der Waals surface area (Å²) in [6.45, 7) is 0.638. The van der Waals surface area contributed by atoms with Gasteiger partial charge in [0.2, 0.25) is 0 Å². The van der Waals surface area contributed by atoms with Crippen LogP contribution in [0, 0.1) is 0 Å². The van der Waals surface area contributed by atoms with Gasteiger partial charge in [0.05, 0.1) is 17.9 Å². The summed E-state index contributed by atoms with van der Waals surface area (Å²) >= 11 is 7.33. The van der Waals surface area contributed by atoms with Crippen molar-refractivity contribution in [2.45, 2.75) is 13.0 Å². The first-order chi connectivity index (χ1) is 9.85. The first-order valence-electron chi connectivity index (χ1n) is 6.30. The fourth-order valence-corrected chi connectivity index (χ4v) is 2.90. The van der Waals surface area contributed by atoms with Crippen molar-refractivity contribution in [3.05, 3.63) is 53.3 Å². The van der Waals surface area contributed by atoms with Gasteiger partial charge in [0.15, 0.2) is 0 Å². The van der Waals surface area contributed by atoms with E-state index in [4.69, 9.17) is 11.6 Å². The van der Waals surface area contributed by atoms with Gasteiger partial charge in [0, 0.05) is 29.4 Å². The summed E-state index contributed by atoms with van der Waals surface area (Å²) in [6.07, 6.45) is 2.66. The molecule has 0 N–H and O–H groups in total. The molecule has 2 heterocycles. The number of hydrogen-bond acceptors (Lipinski definition) is 4. The van der Waals surface area contributed by atoms with E-state index in [0.29, 0.717) is 12.4 Å². The molecule has 3 aromatic rings. The summed E-state index contributed by atoms with van der Waals surface area (Å²) in [5, 5.41) is 11.2. The van der Waals surface area contributed by atoms with Crippen LogP contribution in [0.3, 0.4) is 0 Å². The topological polar surface area (TPSA) is 43.6 Å². The number of aromatic nitrogens is 4. The Bertz CT molecular complexity index is 677. The highest BCUT2D eigenvalue weighted by Gasteiger charge is 2.06. The maximum Gasteiger partial charge on any atom is 0.123 e. The molecule has 0 spiro atoms. The van der Waals surface area contributed by atoms with Crippen molar-refractivity contribution in [3.8, 4) is 10.6 Å². The smallest absolute Gasteiger partial charge is 0.123 e. The Kier molecular flexibility index (Phi) is 4.08. The van der Waals surface area contributed by atoms with Gasteiger partial charge < -0.3 is 0 Å². The van der Waals surface area contributed by atoms with E-state index in [-0.39, 0.29) is 0 Å². The lowest BCUT2D eigenvalue weighted by molar-refractivity contribution is 0.641. The predicted molar refractivity (Wildman–Crippen MR) is 81.1 cm³/mol. The molecular formula is C14H13ClN4S. The van der Waals surface area contributed by atoms with E-state index in [0.717, 1.165) is 28.4 Å². The second-order valence-corrected chi connectivity index (χ2v) is 5.59. The summed E-state index contributed by atoms with van der Waals surface area (Å²) in [5.74, 6) is 0.563. The van der Waals surface area contributed by atoms with E-state index >= 15 is 0 Å². The number of halogens is 1. The second kappa shape index (κ2) is 6.15. The molecule has 20 heavy (non-hydrogen) atoms. The molecule has 0 aliphatic rings. The summed E-state index contributed by atoms with van der Waals surface area (Å²) in [5.41, 5.74) is 3.06. The van der Waals surface area contributed by atoms with Gasteiger partial charge in [-0.25, -0.2) is 9.67 Å². The summed E-state index contributed by atoms with van der Waals surface area (Å²) in [4.78, 5) is 4.63. The van der Waals surface area contributed by atoms with Gasteiger partial charge in [-0.1, -0.05) is 35.5 Å². The number of nitrogens with zero attached hydrogens (tertiary/aromatic N) is 4. The fourth-order valence-electron chi connectivity index (χ4n) is 1.89. The van der Waals surface area contributed by atoms with E-state index < -0.39 is 0 Å². The van der Waals surface area contributed by atoms with Gasteiger partial charge in [-0.05, 0) is 0 Å². The fraction of sp³-hybridized carbons (Fsp3) is 0.214. The Morgan fingerprint density at radius 1 is 1.15 bits per heavy atom. The van der Waals surface area contributed by atoms with Gasteiger partial charge in [-0.2, -0.15) is 0 Å². The molecule has 0 bridgehead atoms. The van der Waals surface area contributed by atoms with Crippen LogP contribution in [-0.2, 0) is 13.0 Å². The average molecular weight is 305 g/mol. The Morgan fingerprint density at radius 3 is 2.80 bits per heavy atom. The molecule has 2 aromatic heterocycles. The second-order valence-electron chi connectivity index (χ2n) is 4.36. The Labute approximate surface area is 126 Å². The van der Waals surface area contributed by atoms with E-state index in [1.54, 1.807) is 16.0 Å². The lowest BCUT2D eigenvalue weighted by Gasteiger charge is -1.96. The minimum Gasteiger partial charge on any atom is -0.246 e. The molecule has 6 heteroatoms. The molecule has 0 unspecified atom stereocenters. The van der Waals surface area contributed by atoms with E-state index in [1.165, 1.54) is 0 Å². The molecule has 0 radical (unpaired) electrons. The first kappa shape index (κ1) is 13.3. The van der Waals surface area contributed by atoms with E-state index in [9.17, 15) is 0 Å². The molecule has 0 aliphatic carbocycles. The summed E-state index contributed by atoms with van der Waals surface area (Å²) < 4.78 is 1.80. The molecule has 0 fully saturated rings. The lowest BCUT2D eigenvalue weighted by atomic mass is 10.2. The van der Waals surface area contributed by atoms with Crippen molar-refractivity contribution in [1.29, 1.82) is 0 Å². The van der Waals surface area contributed by atoms with Gasteiger partial charge >= 0.3 is 0 Å². The average Bonchev–Trinajstić information content (AvgIpc) is 3.11. The number of aryl methyl sites for hydroxylation is 1. The molecule has 102 valence electrons. The third kappa shape index (κ3) is 3.05. The molecule has 0 saturated heterocycles. The third-order valence-corrected chi connectivity index (χ3v) is 3.96. The van der Waals surface area contributed by atoms with E-state index in [2.05, 4.69) is 32.8 Å². The highest BCUT2D eigenvalue weighted by atomic mass is 35.5. The Balaban J connectivity index is 1.73. The normalized spacial score (nSPS) is 10.8. The number of benzene rings is 1. The van der Waals surface area contributed by atoms with Crippen molar-refractivity contribution in [2.75, 3.05) is 5.88 Å². The van der Waals surface area contributed by atoms with Crippen LogP contribution < -0.4 is 0 Å². The number of alkyl halides is 1. The monoisotopic (exact) mass is 304 g/mol. The molecule has 0 aliphatic heterocycles. The number of thiazole rings is 1. The molecule has 0 amide bonds. The quantitative estimate of drug-likeness (QED) is 0.680. The van der Waals surface area contributed by atoms with Crippen molar-refractivity contribution in [3.63, 3.8) is 0 Å². The standard InChI is InChI=1S/C14H13ClN4S/c15-7-6-12-8-19(18-17-12)9-13-10-20-14(16-13)11-4-2-1-3-5-11/h1-5,8,10H,6-7,9H2. The third-order valence-electron chi connectivity index (χ3n) is 2.83. The van der Waals surface area contributed by atoms with Crippen LogP contribution in [0.5, 0.6) is 0 Å². The Hall–Kier alpha value is -1.72. The minimum atomic E-state index is 0.563. The summed E-state index contributed by atoms with van der Waals surface area (Å²) in [7, 11) is 0. The largest absolute Gasteiger partial charge is 0.246 e. The van der Waals surface area contributed by atoms with Gasteiger partial charge in [0.25, 0.3) is 0 Å². The zero-order valence-electron chi connectivity index (χ0n) is 10.7. The van der Waals surface area contributed by atoms with Crippen LogP contribution in [0.15, 0.2) is 41.9 Å². The zero-order chi connectivity index (χ0) is 13.8. The molecule has 0 saturated carbocycles. The van der Waals surface area contributed by atoms with Crippen molar-refractivity contribution < 1.29 is 0 Å². The van der Waals surface area contributed by atoms with Crippen LogP contribution in [-0.4, -0.2) is 25.9 Å². The van der Waals surface area contributed by atoms with Crippen LogP contribution in [0.4, 0.5) is 0 Å². The minimum absolute atomic E-state index is 0.563. The molecular weight excluding hydrogens is 292 g/mol. The maximum absolute atomic E-state index is 5.69. The van der Waals surface area contributed by atoms with Gasteiger partial charge in [-0.3, -0.25) is 0 Å². The van der Waals surface area contributed by atoms with Crippen LogP contribution in [0.1, 0.15) is 11.4 Å². The van der Waals surface area contributed by atoms with Crippen LogP contribution in [0.2, 0.25) is 0 Å². The Morgan fingerprint density at radius 2 is 2.00 bits per heavy atom. The number of hydrogen-bond donors (Lipinski definition) is 0. The molecule has 3 rings (SSSR count). The zero-order valence-corrected chi connectivity index (χ0v) is 12.3. The van der Waals surface area contributed by atoms with Gasteiger partial charge in [0.1, 0.15) is 5.01 Å². The van der Waals surface area contributed by atoms with Crippen LogP contribution >= 0.6 is 22.9 Å². The highest BCUT2D eigenvalue weighted by molar-refractivity contribution is 7.13. The van der Waals surface area contributed by atoms with Crippen molar-refractivity contribution in [2.24, 2.45) is 0 Å². The number of rotatable bonds is 5. The van der Waals surface area contributed by atoms with Crippen molar-refractivity contribution >= 4 is 22.9 Å². The SMILES string of the molecule is ClCCc1cn(Cc2csc(-c3ccccc3)n2)nn1. The lowest BCUT2D eigenvalue weighted by Crippen LogP contribution is -2.00. The highest BCUT2D eigenvalue weighted by Crippen LogP contribution is 2.23. The maximum atomic E-state index is 5.69. The van der Waals surface area contributed by atoms with Crippen LogP contribution in [0.25, 0.3) is 10.6 Å². The molecule has 4 nitrogen and oxygen atoms in total. The predicted octanol–water partition coefficient (Wildman–Crippen LogP) is 3.23. The molecule has 0 atom stereocenters. The molecule has 1 aromatic carbocycles. The van der Waals surface area contributed by atoms with Gasteiger partial charge in [-0.15, -0.1) is 28.0 Å². The summed E-state index contributed by atoms with van der Waals surface area (Å²) in [6, 6.07) is 10.2.